The first-order chi connectivity index (χ1) is 8.61. The molecule has 0 aliphatic heterocycles. The maximum absolute atomic E-state index is 11.9. The van der Waals surface area contributed by atoms with Gasteiger partial charge < -0.3 is 10.3 Å². The van der Waals surface area contributed by atoms with Gasteiger partial charge in [0.1, 0.15) is 5.69 Å². The van der Waals surface area contributed by atoms with Gasteiger partial charge >= 0.3 is 0 Å². The fourth-order valence-corrected chi connectivity index (χ4v) is 1.83. The minimum atomic E-state index is -0.239. The second-order valence-electron chi connectivity index (χ2n) is 4.36. The summed E-state index contributed by atoms with van der Waals surface area (Å²) in [5.41, 5.74) is 1.11. The first-order valence-electron chi connectivity index (χ1n) is 6.03. The first-order valence-corrected chi connectivity index (χ1v) is 6.03. The maximum atomic E-state index is 11.9. The number of aromatic nitrogens is 1. The second kappa shape index (κ2) is 5.04. The number of nitrogens with one attached hydrogen (secondary N) is 2. The molecule has 2 rings (SSSR count). The Morgan fingerprint density at radius 1 is 1.33 bits per heavy atom. The zero-order chi connectivity index (χ0) is 13.1. The average Bonchev–Trinajstić information content (AvgIpc) is 2.36. The van der Waals surface area contributed by atoms with Gasteiger partial charge in [-0.15, -0.1) is 0 Å². The molecule has 0 bridgehead atoms. The zero-order valence-electron chi connectivity index (χ0n) is 10.5. The van der Waals surface area contributed by atoms with Crippen LogP contribution in [0.1, 0.15) is 29.4 Å². The predicted octanol–water partition coefficient (Wildman–Crippen LogP) is 1.98. The van der Waals surface area contributed by atoms with E-state index in [1.54, 1.807) is 6.07 Å². The molecule has 18 heavy (non-hydrogen) atoms. The van der Waals surface area contributed by atoms with E-state index in [2.05, 4.69) is 10.3 Å². The Balaban J connectivity index is 2.46. The number of aryl methyl sites for hydroxylation is 1. The summed E-state index contributed by atoms with van der Waals surface area (Å²) in [6, 6.07) is 7.31. The highest BCUT2D eigenvalue weighted by molar-refractivity contribution is 5.96. The van der Waals surface area contributed by atoms with Crippen molar-refractivity contribution >= 4 is 16.7 Å². The fraction of sp³-hybridized carbons (Fsp3) is 0.286. The van der Waals surface area contributed by atoms with Crippen molar-refractivity contribution < 1.29 is 4.79 Å². The molecule has 2 N–H and O–H groups in total. The van der Waals surface area contributed by atoms with Crippen LogP contribution in [0.3, 0.4) is 0 Å². The van der Waals surface area contributed by atoms with Gasteiger partial charge in [0.2, 0.25) is 0 Å². The number of rotatable bonds is 3. The lowest BCUT2D eigenvalue weighted by molar-refractivity contribution is 0.0948. The largest absolute Gasteiger partial charge is 0.351 e. The summed E-state index contributed by atoms with van der Waals surface area (Å²) in [6.45, 7) is 4.51. The minimum absolute atomic E-state index is 0.224. The molecule has 4 heteroatoms. The van der Waals surface area contributed by atoms with Crippen molar-refractivity contribution in [2.24, 2.45) is 0 Å². The molecule has 0 unspecified atom stereocenters. The Kier molecular flexibility index (Phi) is 3.46. The van der Waals surface area contributed by atoms with Gasteiger partial charge in [0.15, 0.2) is 0 Å². The van der Waals surface area contributed by atoms with E-state index in [-0.39, 0.29) is 11.5 Å². The van der Waals surface area contributed by atoms with Gasteiger partial charge in [-0.1, -0.05) is 24.6 Å². The highest BCUT2D eigenvalue weighted by Crippen LogP contribution is 2.12. The number of aromatic amines is 1. The molecular weight excluding hydrogens is 228 g/mol. The van der Waals surface area contributed by atoms with Crippen molar-refractivity contribution in [2.45, 2.75) is 20.3 Å². The zero-order valence-corrected chi connectivity index (χ0v) is 10.5. The molecule has 1 amide bonds. The number of hydrogen-bond acceptors (Lipinski definition) is 2. The molecule has 0 aliphatic rings. The van der Waals surface area contributed by atoms with Gasteiger partial charge in [-0.05, 0) is 30.9 Å². The molecule has 1 aromatic heterocycles. The molecule has 0 aliphatic carbocycles. The number of carbonyl (C=O) groups excluding carboxylic acids is 1. The van der Waals surface area contributed by atoms with Crippen LogP contribution in [0.2, 0.25) is 0 Å². The summed E-state index contributed by atoms with van der Waals surface area (Å²) in [4.78, 5) is 26.3. The molecule has 0 fully saturated rings. The van der Waals surface area contributed by atoms with E-state index in [9.17, 15) is 9.59 Å². The van der Waals surface area contributed by atoms with Crippen LogP contribution in [0.25, 0.3) is 10.8 Å². The van der Waals surface area contributed by atoms with Gasteiger partial charge in [0.05, 0.1) is 0 Å². The Morgan fingerprint density at radius 2 is 2.11 bits per heavy atom. The van der Waals surface area contributed by atoms with Crippen LogP contribution in [0.4, 0.5) is 0 Å². The van der Waals surface area contributed by atoms with Crippen LogP contribution >= 0.6 is 0 Å². The van der Waals surface area contributed by atoms with Crippen molar-refractivity contribution in [2.75, 3.05) is 6.54 Å². The lowest BCUT2D eigenvalue weighted by Crippen LogP contribution is -2.27. The highest BCUT2D eigenvalue weighted by Gasteiger charge is 2.08. The monoisotopic (exact) mass is 244 g/mol. The van der Waals surface area contributed by atoms with Gasteiger partial charge in [0, 0.05) is 11.9 Å². The van der Waals surface area contributed by atoms with Gasteiger partial charge in [-0.2, -0.15) is 0 Å². The number of fused-ring (bicyclic) bond motifs is 1. The molecule has 0 radical (unpaired) electrons. The summed E-state index contributed by atoms with van der Waals surface area (Å²) < 4.78 is 0. The first kappa shape index (κ1) is 12.4. The molecular formula is C14H16N2O2. The number of H-pyrrole nitrogens is 1. The maximum Gasteiger partial charge on any atom is 0.267 e. The minimum Gasteiger partial charge on any atom is -0.351 e. The Hall–Kier alpha value is -2.10. The standard InChI is InChI=1S/C14H16N2O2/c1-3-6-15-14(18)12-8-10-5-4-9(2)7-11(10)13(17)16-12/h4-5,7-8H,3,6H2,1-2H3,(H,15,18)(H,16,17). The molecule has 0 saturated carbocycles. The third kappa shape index (κ3) is 2.42. The van der Waals surface area contributed by atoms with Crippen molar-refractivity contribution in [1.29, 1.82) is 0 Å². The van der Waals surface area contributed by atoms with Crippen LogP contribution in [-0.4, -0.2) is 17.4 Å². The van der Waals surface area contributed by atoms with Crippen molar-refractivity contribution in [3.63, 3.8) is 0 Å². The molecule has 0 saturated heterocycles. The highest BCUT2D eigenvalue weighted by atomic mass is 16.2. The molecule has 4 nitrogen and oxygen atoms in total. The quantitative estimate of drug-likeness (QED) is 0.867. The van der Waals surface area contributed by atoms with E-state index < -0.39 is 0 Å². The van der Waals surface area contributed by atoms with Crippen LogP contribution in [0.15, 0.2) is 29.1 Å². The van der Waals surface area contributed by atoms with Crippen molar-refractivity contribution in [3.05, 3.63) is 45.9 Å². The predicted molar refractivity (Wildman–Crippen MR) is 71.9 cm³/mol. The molecule has 2 aromatic rings. The van der Waals surface area contributed by atoms with E-state index in [1.807, 2.05) is 32.0 Å². The molecule has 0 spiro atoms. The number of amides is 1. The average molecular weight is 244 g/mol. The molecule has 94 valence electrons. The summed E-state index contributed by atoms with van der Waals surface area (Å²) in [5, 5.41) is 4.14. The van der Waals surface area contributed by atoms with Crippen molar-refractivity contribution in [3.8, 4) is 0 Å². The van der Waals surface area contributed by atoms with Crippen LogP contribution in [0, 0.1) is 6.92 Å². The lowest BCUT2D eigenvalue weighted by atomic mass is 10.1. The van der Waals surface area contributed by atoms with E-state index in [1.165, 1.54) is 0 Å². The molecule has 1 heterocycles. The molecule has 1 aromatic carbocycles. The molecule has 0 atom stereocenters. The van der Waals surface area contributed by atoms with Crippen LogP contribution in [0.5, 0.6) is 0 Å². The van der Waals surface area contributed by atoms with Crippen LogP contribution in [-0.2, 0) is 0 Å². The van der Waals surface area contributed by atoms with Gasteiger partial charge in [0.25, 0.3) is 11.5 Å². The smallest absolute Gasteiger partial charge is 0.267 e. The number of pyridine rings is 1. The van der Waals surface area contributed by atoms with Gasteiger partial charge in [-0.25, -0.2) is 0 Å². The SMILES string of the molecule is CCCNC(=O)c1cc2ccc(C)cc2c(=O)[nH]1. The van der Waals surface area contributed by atoms with Crippen LogP contribution < -0.4 is 10.9 Å². The Bertz CT molecular complexity index is 644. The fourth-order valence-electron chi connectivity index (χ4n) is 1.83. The second-order valence-corrected chi connectivity index (χ2v) is 4.36. The van der Waals surface area contributed by atoms with Gasteiger partial charge in [-0.3, -0.25) is 9.59 Å². The topological polar surface area (TPSA) is 62.0 Å². The number of benzene rings is 1. The summed E-state index contributed by atoms with van der Waals surface area (Å²) >= 11 is 0. The van der Waals surface area contributed by atoms with E-state index in [0.29, 0.717) is 17.6 Å². The third-order valence-corrected chi connectivity index (χ3v) is 2.78. The van der Waals surface area contributed by atoms with E-state index in [0.717, 1.165) is 17.4 Å². The Labute approximate surface area is 105 Å². The number of carbonyl (C=O) groups is 1. The summed E-state index contributed by atoms with van der Waals surface area (Å²) in [5.74, 6) is -0.239. The summed E-state index contributed by atoms with van der Waals surface area (Å²) in [7, 11) is 0. The van der Waals surface area contributed by atoms with Crippen molar-refractivity contribution in [1.82, 2.24) is 10.3 Å². The van der Waals surface area contributed by atoms with E-state index >= 15 is 0 Å². The lowest BCUT2D eigenvalue weighted by Gasteiger charge is -2.05. The third-order valence-electron chi connectivity index (χ3n) is 2.78. The summed E-state index contributed by atoms with van der Waals surface area (Å²) in [6.07, 6.45) is 0.864. The Morgan fingerprint density at radius 3 is 2.83 bits per heavy atom. The normalized spacial score (nSPS) is 10.6. The number of hydrogen-bond donors (Lipinski definition) is 2. The van der Waals surface area contributed by atoms with E-state index in [4.69, 9.17) is 0 Å².